The van der Waals surface area contributed by atoms with Crippen LogP contribution in [0.5, 0.6) is 0 Å². The number of halogens is 2. The fraction of sp³-hybridized carbons (Fsp3) is 0.480. The van der Waals surface area contributed by atoms with E-state index in [-0.39, 0.29) is 5.91 Å². The van der Waals surface area contributed by atoms with Crippen LogP contribution in [0, 0.1) is 24.7 Å². The summed E-state index contributed by atoms with van der Waals surface area (Å²) in [7, 11) is 0. The van der Waals surface area contributed by atoms with Crippen molar-refractivity contribution in [3.8, 4) is 0 Å². The van der Waals surface area contributed by atoms with Gasteiger partial charge in [0.05, 0.1) is 16.0 Å². The molecule has 1 aromatic carbocycles. The normalized spacial score (nSPS) is 16.2. The molecule has 0 aliphatic heterocycles. The number of aromatic nitrogens is 1. The lowest BCUT2D eigenvalue weighted by atomic mass is 9.76. The zero-order chi connectivity index (χ0) is 24.0. The molecule has 1 aromatic heterocycles. The number of anilines is 1. The number of amides is 2. The number of carbonyl (C=O) groups excluding carboxylic acids is 2. The zero-order valence-electron chi connectivity index (χ0n) is 18.9. The van der Waals surface area contributed by atoms with E-state index in [2.05, 4.69) is 10.3 Å². The Kier molecular flexibility index (Phi) is 8.98. The molecular weight excluding hydrogens is 459 g/mol. The molecule has 5 N–H and O–H groups in total. The van der Waals surface area contributed by atoms with Gasteiger partial charge in [-0.25, -0.2) is 4.98 Å². The van der Waals surface area contributed by atoms with Crippen LogP contribution in [-0.4, -0.2) is 16.8 Å². The minimum atomic E-state index is -0.608. The largest absolute Gasteiger partial charge is 0.384 e. The van der Waals surface area contributed by atoms with Crippen molar-refractivity contribution in [1.82, 2.24) is 10.3 Å². The van der Waals surface area contributed by atoms with E-state index in [1.165, 1.54) is 6.42 Å². The van der Waals surface area contributed by atoms with E-state index in [0.717, 1.165) is 42.5 Å². The van der Waals surface area contributed by atoms with Crippen molar-refractivity contribution in [3.05, 3.63) is 57.2 Å². The van der Waals surface area contributed by atoms with Crippen LogP contribution in [0.2, 0.25) is 10.0 Å². The van der Waals surface area contributed by atoms with Crippen LogP contribution < -0.4 is 16.8 Å². The summed E-state index contributed by atoms with van der Waals surface area (Å²) in [5, 5.41) is 3.85. The second kappa shape index (κ2) is 11.7. The molecule has 1 aliphatic carbocycles. The molecule has 1 fully saturated rings. The Labute approximate surface area is 205 Å². The first-order chi connectivity index (χ1) is 15.7. The highest BCUT2D eigenvalue weighted by Crippen LogP contribution is 2.34. The van der Waals surface area contributed by atoms with Crippen LogP contribution >= 0.6 is 23.2 Å². The molecular formula is C25H32Cl2N4O2. The molecule has 1 heterocycles. The zero-order valence-corrected chi connectivity index (χ0v) is 20.5. The summed E-state index contributed by atoms with van der Waals surface area (Å²) in [6, 6.07) is 8.84. The van der Waals surface area contributed by atoms with Gasteiger partial charge in [-0.2, -0.15) is 0 Å². The topological polar surface area (TPSA) is 111 Å². The minimum Gasteiger partial charge on any atom is -0.384 e. The molecule has 6 nitrogen and oxygen atoms in total. The second-order valence-corrected chi connectivity index (χ2v) is 9.82. The first-order valence-corrected chi connectivity index (χ1v) is 12.2. The molecule has 33 heavy (non-hydrogen) atoms. The summed E-state index contributed by atoms with van der Waals surface area (Å²) in [6.07, 6.45) is 6.65. The molecule has 2 aromatic rings. The third-order valence-corrected chi connectivity index (χ3v) is 7.35. The Morgan fingerprint density at radius 1 is 1.09 bits per heavy atom. The summed E-state index contributed by atoms with van der Waals surface area (Å²) in [6.45, 7) is 2.14. The van der Waals surface area contributed by atoms with Crippen LogP contribution in [0.1, 0.15) is 55.3 Å². The van der Waals surface area contributed by atoms with Gasteiger partial charge >= 0.3 is 0 Å². The van der Waals surface area contributed by atoms with Crippen LogP contribution in [0.25, 0.3) is 0 Å². The van der Waals surface area contributed by atoms with E-state index in [4.69, 9.17) is 34.7 Å². The molecule has 0 saturated heterocycles. The van der Waals surface area contributed by atoms with Crippen molar-refractivity contribution in [2.45, 2.75) is 58.4 Å². The van der Waals surface area contributed by atoms with Gasteiger partial charge in [0, 0.05) is 18.2 Å². The minimum absolute atomic E-state index is 0.211. The number of hydrogen-bond donors (Lipinski definition) is 3. The molecule has 0 radical (unpaired) electrons. The van der Waals surface area contributed by atoms with Crippen molar-refractivity contribution in [2.24, 2.45) is 23.5 Å². The number of aryl methyl sites for hydroxylation is 1. The fourth-order valence-corrected chi connectivity index (χ4v) is 5.03. The summed E-state index contributed by atoms with van der Waals surface area (Å²) in [5.41, 5.74) is 14.1. The van der Waals surface area contributed by atoms with E-state index in [1.807, 2.05) is 19.1 Å². The Morgan fingerprint density at radius 2 is 1.82 bits per heavy atom. The fourth-order valence-electron chi connectivity index (χ4n) is 4.71. The third kappa shape index (κ3) is 7.08. The number of nitrogen functional groups attached to an aromatic ring is 1. The van der Waals surface area contributed by atoms with Gasteiger partial charge in [0.2, 0.25) is 11.8 Å². The van der Waals surface area contributed by atoms with E-state index >= 15 is 0 Å². The first-order valence-electron chi connectivity index (χ1n) is 11.5. The molecule has 1 saturated carbocycles. The maximum atomic E-state index is 13.4. The second-order valence-electron chi connectivity index (χ2n) is 9.01. The highest BCUT2D eigenvalue weighted by atomic mass is 35.5. The molecule has 3 rings (SSSR count). The smallest absolute Gasteiger partial charge is 0.224 e. The molecule has 0 spiro atoms. The van der Waals surface area contributed by atoms with Crippen LogP contribution in [0.4, 0.5) is 5.82 Å². The predicted octanol–water partition coefficient (Wildman–Crippen LogP) is 4.83. The summed E-state index contributed by atoms with van der Waals surface area (Å²) >= 11 is 12.3. The Balaban J connectivity index is 1.82. The van der Waals surface area contributed by atoms with Gasteiger partial charge < -0.3 is 16.8 Å². The predicted molar refractivity (Wildman–Crippen MR) is 133 cm³/mol. The standard InChI is InChI=1S/C25H32Cl2N4O2/c1-15-18(8-10-23(28)31-15)14-30-25(33)20(12-17-7-9-21(26)22(27)13-17)19(24(29)32)11-16-5-3-2-4-6-16/h7-10,13,16,19-20H,2-6,11-12,14H2,1H3,(H2,28,31)(H2,29,32)(H,30,33)/t19?,20-/m0/s1. The molecule has 2 atom stereocenters. The highest BCUT2D eigenvalue weighted by molar-refractivity contribution is 6.42. The van der Waals surface area contributed by atoms with Gasteiger partial charge in [0.15, 0.2) is 0 Å². The molecule has 8 heteroatoms. The molecule has 1 unspecified atom stereocenters. The van der Waals surface area contributed by atoms with Gasteiger partial charge in [-0.15, -0.1) is 0 Å². The number of primary amides is 1. The van der Waals surface area contributed by atoms with Crippen molar-refractivity contribution in [1.29, 1.82) is 0 Å². The number of benzene rings is 1. The maximum Gasteiger partial charge on any atom is 0.224 e. The summed E-state index contributed by atoms with van der Waals surface area (Å²) in [4.78, 5) is 30.2. The number of nitrogens with two attached hydrogens (primary N) is 2. The van der Waals surface area contributed by atoms with Gasteiger partial charge in [0.25, 0.3) is 0 Å². The van der Waals surface area contributed by atoms with Gasteiger partial charge in [0.1, 0.15) is 5.82 Å². The van der Waals surface area contributed by atoms with E-state index in [0.29, 0.717) is 41.2 Å². The Morgan fingerprint density at radius 3 is 2.45 bits per heavy atom. The molecule has 2 amide bonds. The van der Waals surface area contributed by atoms with E-state index in [1.54, 1.807) is 18.2 Å². The first kappa shape index (κ1) is 25.3. The lowest BCUT2D eigenvalue weighted by molar-refractivity contribution is -0.134. The monoisotopic (exact) mass is 490 g/mol. The average Bonchev–Trinajstić information content (AvgIpc) is 2.78. The van der Waals surface area contributed by atoms with Crippen molar-refractivity contribution in [2.75, 3.05) is 5.73 Å². The average molecular weight is 491 g/mol. The van der Waals surface area contributed by atoms with Gasteiger partial charge in [-0.3, -0.25) is 9.59 Å². The molecule has 1 aliphatic rings. The number of rotatable bonds is 9. The van der Waals surface area contributed by atoms with E-state index < -0.39 is 17.7 Å². The number of hydrogen-bond acceptors (Lipinski definition) is 4. The van der Waals surface area contributed by atoms with Crippen LogP contribution in [-0.2, 0) is 22.6 Å². The summed E-state index contributed by atoms with van der Waals surface area (Å²) < 4.78 is 0. The quantitative estimate of drug-likeness (QED) is 0.467. The van der Waals surface area contributed by atoms with E-state index in [9.17, 15) is 9.59 Å². The number of pyridine rings is 1. The maximum absolute atomic E-state index is 13.4. The van der Waals surface area contributed by atoms with Crippen molar-refractivity contribution >= 4 is 40.8 Å². The highest BCUT2D eigenvalue weighted by Gasteiger charge is 2.35. The van der Waals surface area contributed by atoms with Gasteiger partial charge in [-0.05, 0) is 55.0 Å². The van der Waals surface area contributed by atoms with Gasteiger partial charge in [-0.1, -0.05) is 67.4 Å². The van der Waals surface area contributed by atoms with Crippen LogP contribution in [0.15, 0.2) is 30.3 Å². The number of carbonyl (C=O) groups is 2. The molecule has 0 bridgehead atoms. The number of nitrogens with one attached hydrogen (secondary N) is 1. The third-order valence-electron chi connectivity index (χ3n) is 6.61. The Bertz CT molecular complexity index is 992. The van der Waals surface area contributed by atoms with Crippen molar-refractivity contribution < 1.29 is 9.59 Å². The Hall–Kier alpha value is -2.31. The summed E-state index contributed by atoms with van der Waals surface area (Å²) in [5.74, 6) is -0.981. The van der Waals surface area contributed by atoms with Crippen LogP contribution in [0.3, 0.4) is 0 Å². The lowest BCUT2D eigenvalue weighted by Crippen LogP contribution is -2.42. The van der Waals surface area contributed by atoms with Crippen molar-refractivity contribution in [3.63, 3.8) is 0 Å². The number of nitrogens with zero attached hydrogens (tertiary/aromatic N) is 1. The molecule has 178 valence electrons. The SMILES string of the molecule is Cc1nc(N)ccc1CNC(=O)[C@@H](Cc1ccc(Cl)c(Cl)c1)C(CC1CCCCC1)C(N)=O. The lowest BCUT2D eigenvalue weighted by Gasteiger charge is -2.30.